The van der Waals surface area contributed by atoms with E-state index < -0.39 is 0 Å². The summed E-state index contributed by atoms with van der Waals surface area (Å²) < 4.78 is 3.41. The Balaban J connectivity index is 1.34. The summed E-state index contributed by atoms with van der Waals surface area (Å²) in [5.74, 6) is -0.136. The van der Waals surface area contributed by atoms with Crippen LogP contribution in [0.2, 0.25) is 0 Å². The molecule has 0 unspecified atom stereocenters. The molecule has 1 amide bonds. The van der Waals surface area contributed by atoms with Gasteiger partial charge in [0, 0.05) is 49.5 Å². The van der Waals surface area contributed by atoms with E-state index in [1.54, 1.807) is 37.9 Å². The summed E-state index contributed by atoms with van der Waals surface area (Å²) in [6, 6.07) is 3.44. The van der Waals surface area contributed by atoms with E-state index in [1.165, 1.54) is 10.6 Å². The summed E-state index contributed by atoms with van der Waals surface area (Å²) in [5, 5.41) is 7.58. The van der Waals surface area contributed by atoms with Crippen LogP contribution in [0.4, 0.5) is 0 Å². The molecule has 1 aliphatic carbocycles. The number of nitrogens with zero attached hydrogens (tertiary/aromatic N) is 5. The lowest BCUT2D eigenvalue weighted by Gasteiger charge is -2.29. The highest BCUT2D eigenvalue weighted by Crippen LogP contribution is 2.29. The minimum absolute atomic E-state index is 0.128. The van der Waals surface area contributed by atoms with Crippen LogP contribution in [0.15, 0.2) is 54.1 Å². The summed E-state index contributed by atoms with van der Waals surface area (Å²) in [5.41, 5.74) is 2.15. The van der Waals surface area contributed by atoms with Crippen molar-refractivity contribution in [1.82, 2.24) is 29.6 Å². The van der Waals surface area contributed by atoms with E-state index >= 15 is 0 Å². The Morgan fingerprint density at radius 3 is 2.64 bits per heavy atom. The molecule has 0 atom stereocenters. The average molecular weight is 378 g/mol. The maximum Gasteiger partial charge on any atom is 0.252 e. The second-order valence-electron chi connectivity index (χ2n) is 7.15. The van der Waals surface area contributed by atoms with E-state index in [2.05, 4.69) is 20.4 Å². The van der Waals surface area contributed by atoms with Gasteiger partial charge >= 0.3 is 0 Å². The van der Waals surface area contributed by atoms with E-state index in [0.717, 1.165) is 36.9 Å². The monoisotopic (exact) mass is 378 g/mol. The van der Waals surface area contributed by atoms with E-state index in [1.807, 2.05) is 17.1 Å². The molecule has 4 rings (SSSR count). The van der Waals surface area contributed by atoms with Crippen molar-refractivity contribution in [2.75, 3.05) is 0 Å². The van der Waals surface area contributed by atoms with Crippen molar-refractivity contribution in [2.24, 2.45) is 7.05 Å². The molecule has 28 heavy (non-hydrogen) atoms. The SMILES string of the molecule is Cn1cc(C(=O)NC2CCC(n3cc(-c4cnccn4)cn3)CC2)ccc1=O. The highest BCUT2D eigenvalue weighted by Gasteiger charge is 2.24. The van der Waals surface area contributed by atoms with Gasteiger partial charge in [-0.1, -0.05) is 0 Å². The third kappa shape index (κ3) is 3.85. The minimum Gasteiger partial charge on any atom is -0.349 e. The largest absolute Gasteiger partial charge is 0.349 e. The molecular formula is C20H22N6O2. The molecule has 144 valence electrons. The summed E-state index contributed by atoms with van der Waals surface area (Å²) in [6.45, 7) is 0. The predicted molar refractivity (Wildman–Crippen MR) is 104 cm³/mol. The summed E-state index contributed by atoms with van der Waals surface area (Å²) in [7, 11) is 1.64. The van der Waals surface area contributed by atoms with Gasteiger partial charge in [-0.3, -0.25) is 24.2 Å². The van der Waals surface area contributed by atoms with Gasteiger partial charge in [0.05, 0.1) is 29.7 Å². The molecule has 1 fully saturated rings. The lowest BCUT2D eigenvalue weighted by Crippen LogP contribution is -2.38. The summed E-state index contributed by atoms with van der Waals surface area (Å²) in [6.07, 6.45) is 14.1. The van der Waals surface area contributed by atoms with Crippen molar-refractivity contribution in [3.63, 3.8) is 0 Å². The molecule has 0 radical (unpaired) electrons. The first-order valence-electron chi connectivity index (χ1n) is 9.38. The Bertz CT molecular complexity index is 1020. The number of hydrogen-bond donors (Lipinski definition) is 1. The van der Waals surface area contributed by atoms with Crippen LogP contribution in [0.1, 0.15) is 42.1 Å². The second kappa shape index (κ2) is 7.75. The molecule has 8 nitrogen and oxygen atoms in total. The lowest BCUT2D eigenvalue weighted by atomic mass is 9.91. The van der Waals surface area contributed by atoms with E-state index in [4.69, 9.17) is 0 Å². The van der Waals surface area contributed by atoms with Gasteiger partial charge in [-0.2, -0.15) is 5.10 Å². The highest BCUT2D eigenvalue weighted by molar-refractivity contribution is 5.94. The Hall–Kier alpha value is -3.29. The van der Waals surface area contributed by atoms with Crippen LogP contribution < -0.4 is 10.9 Å². The molecule has 8 heteroatoms. The van der Waals surface area contributed by atoms with Crippen LogP contribution in [0.3, 0.4) is 0 Å². The maximum absolute atomic E-state index is 12.4. The number of carbonyl (C=O) groups excluding carboxylic acids is 1. The fraction of sp³-hybridized carbons (Fsp3) is 0.350. The Kier molecular flexibility index (Phi) is 5.01. The third-order valence-electron chi connectivity index (χ3n) is 5.21. The molecule has 3 heterocycles. The molecule has 0 aromatic carbocycles. The highest BCUT2D eigenvalue weighted by atomic mass is 16.2. The number of amides is 1. The number of aryl methyl sites for hydroxylation is 1. The fourth-order valence-corrected chi connectivity index (χ4v) is 3.60. The van der Waals surface area contributed by atoms with Crippen LogP contribution in [0.25, 0.3) is 11.3 Å². The quantitative estimate of drug-likeness (QED) is 0.749. The van der Waals surface area contributed by atoms with E-state index in [9.17, 15) is 9.59 Å². The topological polar surface area (TPSA) is 94.7 Å². The molecule has 0 bridgehead atoms. The number of carbonyl (C=O) groups is 1. The molecule has 0 spiro atoms. The van der Waals surface area contributed by atoms with Gasteiger partial charge in [-0.25, -0.2) is 0 Å². The smallest absolute Gasteiger partial charge is 0.252 e. The van der Waals surface area contributed by atoms with Crippen LogP contribution in [-0.4, -0.2) is 36.3 Å². The number of aromatic nitrogens is 5. The predicted octanol–water partition coefficient (Wildman–Crippen LogP) is 1.95. The van der Waals surface area contributed by atoms with Gasteiger partial charge in [-0.05, 0) is 31.7 Å². The molecule has 1 N–H and O–H groups in total. The van der Waals surface area contributed by atoms with Crippen LogP contribution in [0.5, 0.6) is 0 Å². The van der Waals surface area contributed by atoms with E-state index in [0.29, 0.717) is 11.6 Å². The molecular weight excluding hydrogens is 356 g/mol. The zero-order chi connectivity index (χ0) is 19.5. The standard InChI is InChI=1S/C20H22N6O2/c1-25-12-14(2-7-19(25)27)20(28)24-16-3-5-17(6-4-16)26-13-15(10-23-26)18-11-21-8-9-22-18/h2,7-13,16-17H,3-6H2,1H3,(H,24,28). The van der Waals surface area contributed by atoms with Crippen molar-refractivity contribution < 1.29 is 4.79 Å². The molecule has 1 aliphatic rings. The molecule has 1 saturated carbocycles. The summed E-state index contributed by atoms with van der Waals surface area (Å²) in [4.78, 5) is 32.3. The minimum atomic E-state index is -0.136. The zero-order valence-electron chi connectivity index (χ0n) is 15.7. The maximum atomic E-state index is 12.4. The Morgan fingerprint density at radius 1 is 1.11 bits per heavy atom. The lowest BCUT2D eigenvalue weighted by molar-refractivity contribution is 0.0921. The normalized spacial score (nSPS) is 19.3. The average Bonchev–Trinajstić information content (AvgIpc) is 3.21. The Labute approximate surface area is 162 Å². The second-order valence-corrected chi connectivity index (χ2v) is 7.15. The van der Waals surface area contributed by atoms with Gasteiger partial charge in [0.2, 0.25) is 5.56 Å². The van der Waals surface area contributed by atoms with Crippen molar-refractivity contribution in [1.29, 1.82) is 0 Å². The fourth-order valence-electron chi connectivity index (χ4n) is 3.60. The van der Waals surface area contributed by atoms with Crippen molar-refractivity contribution >= 4 is 5.91 Å². The van der Waals surface area contributed by atoms with Crippen molar-refractivity contribution in [2.45, 2.75) is 37.8 Å². The molecule has 3 aromatic heterocycles. The van der Waals surface area contributed by atoms with Gasteiger partial charge in [0.25, 0.3) is 5.91 Å². The number of rotatable bonds is 4. The number of hydrogen-bond acceptors (Lipinski definition) is 5. The van der Waals surface area contributed by atoms with Crippen LogP contribution >= 0.6 is 0 Å². The summed E-state index contributed by atoms with van der Waals surface area (Å²) >= 11 is 0. The third-order valence-corrected chi connectivity index (χ3v) is 5.21. The number of pyridine rings is 1. The first kappa shape index (κ1) is 18.1. The first-order valence-corrected chi connectivity index (χ1v) is 9.38. The Morgan fingerprint density at radius 2 is 1.93 bits per heavy atom. The van der Waals surface area contributed by atoms with Gasteiger partial charge in [-0.15, -0.1) is 0 Å². The molecule has 3 aromatic rings. The molecule has 0 aliphatic heterocycles. The number of nitrogens with one attached hydrogen (secondary N) is 1. The van der Waals surface area contributed by atoms with Crippen molar-refractivity contribution in [3.05, 3.63) is 65.2 Å². The first-order chi connectivity index (χ1) is 13.6. The van der Waals surface area contributed by atoms with Gasteiger partial charge < -0.3 is 9.88 Å². The van der Waals surface area contributed by atoms with Crippen LogP contribution in [-0.2, 0) is 7.05 Å². The zero-order valence-corrected chi connectivity index (χ0v) is 15.7. The molecule has 0 saturated heterocycles. The van der Waals surface area contributed by atoms with Gasteiger partial charge in [0.15, 0.2) is 0 Å². The van der Waals surface area contributed by atoms with Crippen molar-refractivity contribution in [3.8, 4) is 11.3 Å². The van der Waals surface area contributed by atoms with Gasteiger partial charge in [0.1, 0.15) is 0 Å². The van der Waals surface area contributed by atoms with E-state index in [-0.39, 0.29) is 17.5 Å². The van der Waals surface area contributed by atoms with Crippen LogP contribution in [0, 0.1) is 0 Å².